The summed E-state index contributed by atoms with van der Waals surface area (Å²) in [6, 6.07) is 0. The molecule has 8 heavy (non-hydrogen) atoms. The fraction of sp³-hybridized carbons (Fsp3) is 1.00. The summed E-state index contributed by atoms with van der Waals surface area (Å²) >= 11 is 0. The molecule has 2 nitrogen and oxygen atoms in total. The van der Waals surface area contributed by atoms with Crippen LogP contribution in [-0.4, -0.2) is 13.2 Å². The zero-order valence-electron chi connectivity index (χ0n) is 5.35. The molecule has 0 aliphatic heterocycles. The number of rotatable bonds is 2. The summed E-state index contributed by atoms with van der Waals surface area (Å²) in [7, 11) is 1.92. The minimum atomic E-state index is 0.253. The third-order valence-electron chi connectivity index (χ3n) is 1.99. The van der Waals surface area contributed by atoms with Crippen LogP contribution in [0.5, 0.6) is 0 Å². The normalized spacial score (nSPS) is 24.8. The van der Waals surface area contributed by atoms with Crippen molar-refractivity contribution in [2.45, 2.75) is 25.4 Å². The summed E-state index contributed by atoms with van der Waals surface area (Å²) in [6.07, 6.45) is 4.27. The predicted octanol–water partition coefficient (Wildman–Crippen LogP) is 0.291. The summed E-state index contributed by atoms with van der Waals surface area (Å²) in [6.45, 7) is 0. The molecule has 0 saturated heterocycles. The molecule has 3 N–H and O–H groups in total. The molecule has 1 aliphatic carbocycles. The maximum absolute atomic E-state index is 5.67. The van der Waals surface area contributed by atoms with Crippen molar-refractivity contribution in [3.05, 3.63) is 0 Å². The first-order chi connectivity index (χ1) is 3.84. The van der Waals surface area contributed by atoms with Crippen molar-refractivity contribution >= 4 is 0 Å². The van der Waals surface area contributed by atoms with Crippen LogP contribution < -0.4 is 11.1 Å². The highest BCUT2D eigenvalue weighted by Gasteiger charge is 2.22. The maximum Gasteiger partial charge on any atom is 0.0572 e. The summed E-state index contributed by atoms with van der Waals surface area (Å²) < 4.78 is 0. The second kappa shape index (κ2) is 2.46. The third-order valence-corrected chi connectivity index (χ3v) is 1.99. The van der Waals surface area contributed by atoms with Crippen molar-refractivity contribution in [1.29, 1.82) is 0 Å². The van der Waals surface area contributed by atoms with Crippen LogP contribution in [0.15, 0.2) is 0 Å². The van der Waals surface area contributed by atoms with Gasteiger partial charge in [-0.15, -0.1) is 0 Å². The molecular weight excluding hydrogens is 100 g/mol. The first-order valence-electron chi connectivity index (χ1n) is 3.27. The zero-order valence-corrected chi connectivity index (χ0v) is 5.35. The molecule has 1 unspecified atom stereocenters. The SMILES string of the molecule is CNC(N)C1CCC1. The van der Waals surface area contributed by atoms with E-state index in [2.05, 4.69) is 5.32 Å². The highest BCUT2D eigenvalue weighted by molar-refractivity contribution is 4.76. The molecule has 0 spiro atoms. The Hall–Kier alpha value is -0.0800. The standard InChI is InChI=1S/C6H14N2/c1-8-6(7)5-3-2-4-5/h5-6,8H,2-4,7H2,1H3. The van der Waals surface area contributed by atoms with Gasteiger partial charge in [-0.05, 0) is 25.8 Å². The summed E-state index contributed by atoms with van der Waals surface area (Å²) in [5, 5.41) is 3.04. The number of nitrogens with one attached hydrogen (secondary N) is 1. The molecule has 0 aromatic heterocycles. The first-order valence-corrected chi connectivity index (χ1v) is 3.27. The topological polar surface area (TPSA) is 38.0 Å². The minimum absolute atomic E-state index is 0.253. The van der Waals surface area contributed by atoms with Crippen molar-refractivity contribution in [1.82, 2.24) is 5.32 Å². The Morgan fingerprint density at radius 2 is 2.25 bits per heavy atom. The van der Waals surface area contributed by atoms with Gasteiger partial charge in [0.05, 0.1) is 6.17 Å². The molecule has 1 atom stereocenters. The lowest BCUT2D eigenvalue weighted by atomic mass is 9.83. The molecule has 2 heteroatoms. The first kappa shape index (κ1) is 6.05. The minimum Gasteiger partial charge on any atom is -0.316 e. The van der Waals surface area contributed by atoms with E-state index in [1.54, 1.807) is 0 Å². The molecular formula is C6H14N2. The lowest BCUT2D eigenvalue weighted by Gasteiger charge is -2.30. The molecule has 0 amide bonds. The average molecular weight is 114 g/mol. The Morgan fingerprint density at radius 3 is 2.38 bits per heavy atom. The van der Waals surface area contributed by atoms with Gasteiger partial charge >= 0.3 is 0 Å². The van der Waals surface area contributed by atoms with Crippen LogP contribution in [0.2, 0.25) is 0 Å². The molecule has 0 heterocycles. The summed E-state index contributed by atoms with van der Waals surface area (Å²) in [4.78, 5) is 0. The zero-order chi connectivity index (χ0) is 5.98. The van der Waals surface area contributed by atoms with Gasteiger partial charge in [-0.3, -0.25) is 0 Å². The summed E-state index contributed by atoms with van der Waals surface area (Å²) in [5.74, 6) is 0.764. The van der Waals surface area contributed by atoms with Gasteiger partial charge in [0.1, 0.15) is 0 Å². The van der Waals surface area contributed by atoms with Gasteiger partial charge in [0.15, 0.2) is 0 Å². The van der Waals surface area contributed by atoms with Crippen LogP contribution in [-0.2, 0) is 0 Å². The second-order valence-electron chi connectivity index (χ2n) is 2.51. The highest BCUT2D eigenvalue weighted by atomic mass is 15.0. The Labute approximate surface area is 50.4 Å². The third kappa shape index (κ3) is 1.01. The number of hydrogen-bond acceptors (Lipinski definition) is 2. The van der Waals surface area contributed by atoms with Crippen molar-refractivity contribution in [2.75, 3.05) is 7.05 Å². The lowest BCUT2D eigenvalue weighted by molar-refractivity contribution is 0.241. The molecule has 1 fully saturated rings. The van der Waals surface area contributed by atoms with Crippen LogP contribution in [0.25, 0.3) is 0 Å². The molecule has 1 aliphatic rings. The molecule has 0 radical (unpaired) electrons. The van der Waals surface area contributed by atoms with E-state index in [4.69, 9.17) is 5.73 Å². The largest absolute Gasteiger partial charge is 0.316 e. The highest BCUT2D eigenvalue weighted by Crippen LogP contribution is 2.27. The van der Waals surface area contributed by atoms with Gasteiger partial charge in [0.2, 0.25) is 0 Å². The van der Waals surface area contributed by atoms with Gasteiger partial charge in [-0.1, -0.05) is 6.42 Å². The van der Waals surface area contributed by atoms with E-state index in [9.17, 15) is 0 Å². The van der Waals surface area contributed by atoms with Gasteiger partial charge in [-0.2, -0.15) is 0 Å². The van der Waals surface area contributed by atoms with E-state index < -0.39 is 0 Å². The van der Waals surface area contributed by atoms with Crippen molar-refractivity contribution in [3.8, 4) is 0 Å². The quantitative estimate of drug-likeness (QED) is 0.506. The van der Waals surface area contributed by atoms with Crippen molar-refractivity contribution in [2.24, 2.45) is 11.7 Å². The fourth-order valence-electron chi connectivity index (χ4n) is 1.03. The molecule has 0 aromatic rings. The van der Waals surface area contributed by atoms with Crippen molar-refractivity contribution in [3.63, 3.8) is 0 Å². The molecule has 0 bridgehead atoms. The van der Waals surface area contributed by atoms with E-state index in [1.807, 2.05) is 7.05 Å². The maximum atomic E-state index is 5.67. The van der Waals surface area contributed by atoms with Crippen LogP contribution in [0.4, 0.5) is 0 Å². The van der Waals surface area contributed by atoms with Crippen LogP contribution in [0.3, 0.4) is 0 Å². The molecule has 48 valence electrons. The van der Waals surface area contributed by atoms with Gasteiger partial charge in [-0.25, -0.2) is 0 Å². The summed E-state index contributed by atoms with van der Waals surface area (Å²) in [5.41, 5.74) is 5.67. The average Bonchev–Trinajstić information content (AvgIpc) is 1.62. The van der Waals surface area contributed by atoms with E-state index in [1.165, 1.54) is 19.3 Å². The van der Waals surface area contributed by atoms with Crippen LogP contribution in [0, 0.1) is 5.92 Å². The van der Waals surface area contributed by atoms with E-state index in [-0.39, 0.29) is 6.17 Å². The molecule has 1 saturated carbocycles. The van der Waals surface area contributed by atoms with Crippen molar-refractivity contribution < 1.29 is 0 Å². The predicted molar refractivity (Wildman–Crippen MR) is 34.4 cm³/mol. The number of nitrogens with two attached hydrogens (primary N) is 1. The van der Waals surface area contributed by atoms with Gasteiger partial charge in [0, 0.05) is 0 Å². The number of hydrogen-bond donors (Lipinski definition) is 2. The smallest absolute Gasteiger partial charge is 0.0572 e. The molecule has 1 rings (SSSR count). The Kier molecular flexibility index (Phi) is 1.86. The fourth-order valence-corrected chi connectivity index (χ4v) is 1.03. The van der Waals surface area contributed by atoms with Crippen LogP contribution >= 0.6 is 0 Å². The Bertz CT molecular complexity index is 66.2. The van der Waals surface area contributed by atoms with E-state index in [0.29, 0.717) is 0 Å². The lowest BCUT2D eigenvalue weighted by Crippen LogP contribution is -2.44. The Balaban J connectivity index is 2.13. The van der Waals surface area contributed by atoms with E-state index >= 15 is 0 Å². The second-order valence-corrected chi connectivity index (χ2v) is 2.51. The Morgan fingerprint density at radius 1 is 1.62 bits per heavy atom. The van der Waals surface area contributed by atoms with E-state index in [0.717, 1.165) is 5.92 Å². The van der Waals surface area contributed by atoms with Gasteiger partial charge < -0.3 is 11.1 Å². The van der Waals surface area contributed by atoms with Crippen LogP contribution in [0.1, 0.15) is 19.3 Å². The molecule has 0 aromatic carbocycles. The van der Waals surface area contributed by atoms with Gasteiger partial charge in [0.25, 0.3) is 0 Å². The monoisotopic (exact) mass is 114 g/mol.